The molecule has 20 heavy (non-hydrogen) atoms. The molecule has 0 fully saturated rings. The molecule has 5 nitrogen and oxygen atoms in total. The zero-order valence-electron chi connectivity index (χ0n) is 12.4. The molecular weight excluding hydrogens is 254 g/mol. The summed E-state index contributed by atoms with van der Waals surface area (Å²) in [5, 5.41) is 9.37. The van der Waals surface area contributed by atoms with Gasteiger partial charge in [-0.1, -0.05) is 6.07 Å². The molecule has 2 heterocycles. The number of aromatic nitrogens is 2. The fourth-order valence-electron chi connectivity index (χ4n) is 1.92. The summed E-state index contributed by atoms with van der Waals surface area (Å²) < 4.78 is 1.55. The lowest BCUT2D eigenvalue weighted by Crippen LogP contribution is -2.44. The molecule has 2 aromatic heterocycles. The van der Waals surface area contributed by atoms with Crippen LogP contribution in [0.4, 0.5) is 0 Å². The normalized spacial score (nSPS) is 12.3. The first kappa shape index (κ1) is 14.7. The molecule has 0 saturated carbocycles. The third-order valence-electron chi connectivity index (χ3n) is 3.68. The molecule has 1 N–H and O–H groups in total. The smallest absolute Gasteiger partial charge is 0.258 e. The largest absolute Gasteiger partial charge is 0.394 e. The minimum Gasteiger partial charge on any atom is -0.394 e. The van der Waals surface area contributed by atoms with Gasteiger partial charge < -0.3 is 5.11 Å². The number of aliphatic hydroxyl groups is 1. The van der Waals surface area contributed by atoms with Crippen molar-refractivity contribution in [1.82, 2.24) is 14.3 Å². The third-order valence-corrected chi connectivity index (χ3v) is 3.68. The maximum atomic E-state index is 12.1. The van der Waals surface area contributed by atoms with Gasteiger partial charge in [0, 0.05) is 24.3 Å². The van der Waals surface area contributed by atoms with Gasteiger partial charge in [0.05, 0.1) is 12.3 Å². The summed E-state index contributed by atoms with van der Waals surface area (Å²) in [7, 11) is 1.91. The molecule has 0 bridgehead atoms. The lowest BCUT2D eigenvalue weighted by Gasteiger charge is -2.33. The van der Waals surface area contributed by atoms with E-state index in [1.54, 1.807) is 16.7 Å². The van der Waals surface area contributed by atoms with Crippen LogP contribution in [-0.4, -0.2) is 38.6 Å². The van der Waals surface area contributed by atoms with E-state index in [2.05, 4.69) is 4.98 Å². The van der Waals surface area contributed by atoms with E-state index in [-0.39, 0.29) is 17.7 Å². The van der Waals surface area contributed by atoms with Crippen molar-refractivity contribution in [2.24, 2.45) is 0 Å². The van der Waals surface area contributed by atoms with Crippen molar-refractivity contribution in [2.75, 3.05) is 13.7 Å². The Morgan fingerprint density at radius 1 is 1.40 bits per heavy atom. The van der Waals surface area contributed by atoms with E-state index in [0.29, 0.717) is 17.9 Å². The number of aryl methyl sites for hydroxylation is 1. The molecule has 108 valence electrons. The monoisotopic (exact) mass is 275 g/mol. The van der Waals surface area contributed by atoms with Crippen LogP contribution in [0.1, 0.15) is 25.1 Å². The zero-order chi connectivity index (χ0) is 14.9. The van der Waals surface area contributed by atoms with Crippen molar-refractivity contribution < 1.29 is 5.11 Å². The number of hydrogen-bond donors (Lipinski definition) is 1. The maximum absolute atomic E-state index is 12.1. The quantitative estimate of drug-likeness (QED) is 0.911. The van der Waals surface area contributed by atoms with Gasteiger partial charge in [-0.2, -0.15) is 0 Å². The molecular formula is C15H21N3O2. The second-order valence-electron chi connectivity index (χ2n) is 5.85. The van der Waals surface area contributed by atoms with Gasteiger partial charge in [0.25, 0.3) is 5.56 Å². The predicted molar refractivity (Wildman–Crippen MR) is 78.8 cm³/mol. The zero-order valence-corrected chi connectivity index (χ0v) is 12.4. The van der Waals surface area contributed by atoms with Crippen LogP contribution in [0.25, 0.3) is 5.65 Å². The summed E-state index contributed by atoms with van der Waals surface area (Å²) >= 11 is 0. The Morgan fingerprint density at radius 3 is 2.75 bits per heavy atom. The third kappa shape index (κ3) is 2.89. The number of likely N-dealkylation sites (N-methyl/N-ethyl adjacent to an activating group) is 1. The van der Waals surface area contributed by atoms with Crippen LogP contribution >= 0.6 is 0 Å². The van der Waals surface area contributed by atoms with Crippen LogP contribution in [0.2, 0.25) is 0 Å². The molecule has 0 aromatic carbocycles. The number of fused-ring (bicyclic) bond motifs is 1. The predicted octanol–water partition coefficient (Wildman–Crippen LogP) is 1.21. The molecule has 0 spiro atoms. The van der Waals surface area contributed by atoms with Crippen LogP contribution in [-0.2, 0) is 6.54 Å². The molecule has 5 heteroatoms. The fourth-order valence-corrected chi connectivity index (χ4v) is 1.92. The number of rotatable bonds is 4. The Hall–Kier alpha value is -1.72. The number of hydrogen-bond acceptors (Lipinski definition) is 4. The molecule has 0 unspecified atom stereocenters. The van der Waals surface area contributed by atoms with Crippen LogP contribution < -0.4 is 5.56 Å². The molecule has 0 atom stereocenters. The summed E-state index contributed by atoms with van der Waals surface area (Å²) in [5.41, 5.74) is 1.95. The fraction of sp³-hybridized carbons (Fsp3) is 0.467. The Bertz CT molecular complexity index is 676. The minimum atomic E-state index is -0.347. The first-order chi connectivity index (χ1) is 9.33. The Labute approximate surface area is 118 Å². The highest BCUT2D eigenvalue weighted by molar-refractivity contribution is 5.39. The van der Waals surface area contributed by atoms with Crippen molar-refractivity contribution in [3.8, 4) is 0 Å². The van der Waals surface area contributed by atoms with Crippen molar-refractivity contribution >= 4 is 5.65 Å². The molecule has 0 amide bonds. The lowest BCUT2D eigenvalue weighted by molar-refractivity contribution is 0.0724. The van der Waals surface area contributed by atoms with E-state index in [1.165, 1.54) is 0 Å². The minimum absolute atomic E-state index is 0.0509. The number of aliphatic hydroxyl groups excluding tert-OH is 1. The summed E-state index contributed by atoms with van der Waals surface area (Å²) in [4.78, 5) is 18.6. The van der Waals surface area contributed by atoms with E-state index in [9.17, 15) is 9.90 Å². The Balaban J connectivity index is 2.37. The van der Waals surface area contributed by atoms with E-state index < -0.39 is 0 Å². The Kier molecular flexibility index (Phi) is 3.92. The van der Waals surface area contributed by atoms with Gasteiger partial charge in [0.2, 0.25) is 0 Å². The molecule has 0 aliphatic heterocycles. The Morgan fingerprint density at radius 2 is 2.10 bits per heavy atom. The molecule has 0 saturated heterocycles. The molecule has 0 radical (unpaired) electrons. The average Bonchev–Trinajstić information content (AvgIpc) is 2.39. The standard InChI is InChI=1S/C15H21N3O2/c1-11-5-6-13-16-12(7-14(20)18(13)8-11)9-17(4)15(2,3)10-19/h5-8,19H,9-10H2,1-4H3. The second-order valence-corrected chi connectivity index (χ2v) is 5.85. The number of nitrogens with zero attached hydrogens (tertiary/aromatic N) is 3. The van der Waals surface area contributed by atoms with Crippen LogP contribution in [0, 0.1) is 6.92 Å². The summed E-state index contributed by atoms with van der Waals surface area (Å²) in [6.07, 6.45) is 1.79. The van der Waals surface area contributed by atoms with Gasteiger partial charge in [-0.05, 0) is 39.4 Å². The van der Waals surface area contributed by atoms with E-state index >= 15 is 0 Å². The van der Waals surface area contributed by atoms with E-state index in [0.717, 1.165) is 5.56 Å². The summed E-state index contributed by atoms with van der Waals surface area (Å²) in [6.45, 7) is 6.41. The highest BCUT2D eigenvalue weighted by atomic mass is 16.3. The van der Waals surface area contributed by atoms with Gasteiger partial charge >= 0.3 is 0 Å². The average molecular weight is 275 g/mol. The molecule has 0 aliphatic rings. The van der Waals surface area contributed by atoms with Crippen LogP contribution in [0.3, 0.4) is 0 Å². The van der Waals surface area contributed by atoms with Gasteiger partial charge in [-0.15, -0.1) is 0 Å². The first-order valence-corrected chi connectivity index (χ1v) is 6.64. The van der Waals surface area contributed by atoms with E-state index in [1.807, 2.05) is 44.9 Å². The van der Waals surface area contributed by atoms with Gasteiger partial charge in [0.15, 0.2) is 0 Å². The first-order valence-electron chi connectivity index (χ1n) is 6.64. The summed E-state index contributed by atoms with van der Waals surface area (Å²) in [5.74, 6) is 0. The van der Waals surface area contributed by atoms with Gasteiger partial charge in [0.1, 0.15) is 5.65 Å². The van der Waals surface area contributed by atoms with Gasteiger partial charge in [-0.3, -0.25) is 14.1 Å². The topological polar surface area (TPSA) is 57.8 Å². The van der Waals surface area contributed by atoms with E-state index in [4.69, 9.17) is 0 Å². The number of pyridine rings is 1. The molecule has 0 aliphatic carbocycles. The summed E-state index contributed by atoms with van der Waals surface area (Å²) in [6, 6.07) is 5.33. The van der Waals surface area contributed by atoms with Gasteiger partial charge in [-0.25, -0.2) is 4.98 Å². The molecule has 2 aromatic rings. The van der Waals surface area contributed by atoms with Crippen molar-refractivity contribution in [2.45, 2.75) is 32.9 Å². The SMILES string of the molecule is Cc1ccc2nc(CN(C)C(C)(C)CO)cc(=O)n2c1. The maximum Gasteiger partial charge on any atom is 0.258 e. The molecule has 2 rings (SSSR count). The van der Waals surface area contributed by atoms with Crippen LogP contribution in [0.5, 0.6) is 0 Å². The van der Waals surface area contributed by atoms with Crippen LogP contribution in [0.15, 0.2) is 29.2 Å². The van der Waals surface area contributed by atoms with Crippen molar-refractivity contribution in [1.29, 1.82) is 0 Å². The van der Waals surface area contributed by atoms with Crippen molar-refractivity contribution in [3.63, 3.8) is 0 Å². The second kappa shape index (κ2) is 5.34. The van der Waals surface area contributed by atoms with Crippen molar-refractivity contribution in [3.05, 3.63) is 46.0 Å². The highest BCUT2D eigenvalue weighted by Crippen LogP contribution is 2.14. The highest BCUT2D eigenvalue weighted by Gasteiger charge is 2.22. The lowest BCUT2D eigenvalue weighted by atomic mass is 10.1.